The molecule has 0 aliphatic heterocycles. The second-order valence-electron chi connectivity index (χ2n) is 6.67. The van der Waals surface area contributed by atoms with Crippen LogP contribution in [0.1, 0.15) is 34.0 Å². The van der Waals surface area contributed by atoms with Crippen molar-refractivity contribution in [3.05, 3.63) is 83.2 Å². The number of benzene rings is 2. The number of nitrogens with zero attached hydrogens (tertiary/aromatic N) is 2. The van der Waals surface area contributed by atoms with Gasteiger partial charge in [0.2, 0.25) is 0 Å². The summed E-state index contributed by atoms with van der Waals surface area (Å²) in [6.07, 6.45) is 3.65. The van der Waals surface area contributed by atoms with Gasteiger partial charge in [-0.1, -0.05) is 30.3 Å². The fourth-order valence-corrected chi connectivity index (χ4v) is 2.96. The van der Waals surface area contributed by atoms with E-state index in [0.717, 1.165) is 16.7 Å². The van der Waals surface area contributed by atoms with Gasteiger partial charge in [0.15, 0.2) is 0 Å². The van der Waals surface area contributed by atoms with Crippen LogP contribution in [0.15, 0.2) is 60.9 Å². The lowest BCUT2D eigenvalue weighted by Gasteiger charge is -2.13. The van der Waals surface area contributed by atoms with Crippen molar-refractivity contribution in [2.45, 2.75) is 26.9 Å². The largest absolute Gasteiger partial charge is 0.352 e. The highest BCUT2D eigenvalue weighted by atomic mass is 16.2. The molecule has 3 rings (SSSR count). The van der Waals surface area contributed by atoms with E-state index in [4.69, 9.17) is 0 Å². The molecule has 2 aromatic carbocycles. The van der Waals surface area contributed by atoms with E-state index in [0.29, 0.717) is 30.9 Å². The van der Waals surface area contributed by atoms with E-state index in [1.54, 1.807) is 18.3 Å². The van der Waals surface area contributed by atoms with Gasteiger partial charge in [-0.3, -0.25) is 9.48 Å². The summed E-state index contributed by atoms with van der Waals surface area (Å²) >= 11 is 0. The number of aryl methyl sites for hydroxylation is 1. The molecule has 0 aliphatic carbocycles. The first-order valence-electron chi connectivity index (χ1n) is 9.54. The molecule has 3 N–H and O–H groups in total. The monoisotopic (exact) mass is 391 g/mol. The average molecular weight is 391 g/mol. The molecule has 7 nitrogen and oxygen atoms in total. The number of aromatic nitrogens is 2. The van der Waals surface area contributed by atoms with Crippen LogP contribution in [0.4, 0.5) is 10.5 Å². The Hall–Kier alpha value is -3.61. The van der Waals surface area contributed by atoms with Crippen molar-refractivity contribution in [1.82, 2.24) is 20.4 Å². The second-order valence-corrected chi connectivity index (χ2v) is 6.67. The molecule has 0 aliphatic rings. The van der Waals surface area contributed by atoms with Crippen LogP contribution in [0.2, 0.25) is 0 Å². The zero-order chi connectivity index (χ0) is 20.6. The molecule has 0 saturated carbocycles. The van der Waals surface area contributed by atoms with Crippen LogP contribution >= 0.6 is 0 Å². The molecule has 29 heavy (non-hydrogen) atoms. The minimum atomic E-state index is -0.324. The van der Waals surface area contributed by atoms with Gasteiger partial charge in [0.25, 0.3) is 5.91 Å². The summed E-state index contributed by atoms with van der Waals surface area (Å²) in [4.78, 5) is 24.5. The number of urea groups is 1. The predicted molar refractivity (Wildman–Crippen MR) is 113 cm³/mol. The normalized spacial score (nSPS) is 10.4. The van der Waals surface area contributed by atoms with Crippen molar-refractivity contribution in [1.29, 1.82) is 0 Å². The highest BCUT2D eigenvalue weighted by molar-refractivity contribution is 5.97. The fraction of sp³-hybridized carbons (Fsp3) is 0.227. The Balaban J connectivity index is 1.64. The third kappa shape index (κ3) is 5.44. The smallest absolute Gasteiger partial charge is 0.319 e. The molecule has 150 valence electrons. The van der Waals surface area contributed by atoms with E-state index < -0.39 is 0 Å². The maximum Gasteiger partial charge on any atom is 0.319 e. The van der Waals surface area contributed by atoms with Crippen molar-refractivity contribution < 1.29 is 9.59 Å². The molecule has 3 aromatic rings. The Kier molecular flexibility index (Phi) is 6.63. The molecule has 1 heterocycles. The first kappa shape index (κ1) is 20.1. The maximum atomic E-state index is 12.4. The van der Waals surface area contributed by atoms with Gasteiger partial charge in [-0.05, 0) is 48.7 Å². The highest BCUT2D eigenvalue weighted by Gasteiger charge is 2.10. The Bertz CT molecular complexity index is 983. The Morgan fingerprint density at radius 3 is 2.55 bits per heavy atom. The number of hydrogen-bond acceptors (Lipinski definition) is 3. The third-order valence-electron chi connectivity index (χ3n) is 4.53. The number of amides is 3. The van der Waals surface area contributed by atoms with Gasteiger partial charge in [0.1, 0.15) is 0 Å². The fourth-order valence-electron chi connectivity index (χ4n) is 2.96. The lowest BCUT2D eigenvalue weighted by molar-refractivity contribution is 0.0956. The summed E-state index contributed by atoms with van der Waals surface area (Å²) in [5.74, 6) is -0.163. The number of carbonyl (C=O) groups excluding carboxylic acids is 2. The number of nitrogens with one attached hydrogen (secondary N) is 3. The second kappa shape index (κ2) is 9.54. The number of carbonyl (C=O) groups is 2. The molecule has 0 radical (unpaired) electrons. The standard InChI is InChI=1S/C22H25N5O2/c1-3-23-21(28)17-10-9-16(2)20(13-17)26-22(29)24-14-18-7-4-5-8-19(18)15-27-12-6-11-25-27/h4-13H,3,14-15H2,1-2H3,(H,23,28)(H2,24,26,29). The van der Waals surface area contributed by atoms with Gasteiger partial charge in [-0.15, -0.1) is 0 Å². The number of anilines is 1. The Morgan fingerprint density at radius 1 is 1.03 bits per heavy atom. The molecule has 0 unspecified atom stereocenters. The van der Waals surface area contributed by atoms with Crippen molar-refractivity contribution in [3.8, 4) is 0 Å². The molecule has 0 spiro atoms. The highest BCUT2D eigenvalue weighted by Crippen LogP contribution is 2.17. The van der Waals surface area contributed by atoms with Crippen LogP contribution in [0.5, 0.6) is 0 Å². The van der Waals surface area contributed by atoms with Crippen molar-refractivity contribution in [3.63, 3.8) is 0 Å². The lowest BCUT2D eigenvalue weighted by atomic mass is 10.1. The van der Waals surface area contributed by atoms with Gasteiger partial charge in [-0.2, -0.15) is 5.10 Å². The molecule has 7 heteroatoms. The van der Waals surface area contributed by atoms with Crippen LogP contribution in [0.25, 0.3) is 0 Å². The van der Waals surface area contributed by atoms with Crippen molar-refractivity contribution in [2.24, 2.45) is 0 Å². The molecule has 0 saturated heterocycles. The molecular formula is C22H25N5O2. The van der Waals surface area contributed by atoms with E-state index in [9.17, 15) is 9.59 Å². The quantitative estimate of drug-likeness (QED) is 0.577. The summed E-state index contributed by atoms with van der Waals surface area (Å²) in [5, 5.41) is 12.7. The molecule has 0 fully saturated rings. The van der Waals surface area contributed by atoms with E-state index >= 15 is 0 Å². The van der Waals surface area contributed by atoms with Crippen LogP contribution in [0, 0.1) is 6.92 Å². The molecule has 0 atom stereocenters. The summed E-state index contributed by atoms with van der Waals surface area (Å²) in [5.41, 5.74) is 4.11. The van der Waals surface area contributed by atoms with E-state index in [-0.39, 0.29) is 11.9 Å². The van der Waals surface area contributed by atoms with Gasteiger partial charge < -0.3 is 16.0 Å². The van der Waals surface area contributed by atoms with Gasteiger partial charge in [0, 0.05) is 36.7 Å². The van der Waals surface area contributed by atoms with Gasteiger partial charge >= 0.3 is 6.03 Å². The molecular weight excluding hydrogens is 366 g/mol. The van der Waals surface area contributed by atoms with Crippen LogP contribution in [-0.4, -0.2) is 28.3 Å². The number of hydrogen-bond donors (Lipinski definition) is 3. The Labute approximate surface area is 170 Å². The SMILES string of the molecule is CCNC(=O)c1ccc(C)c(NC(=O)NCc2ccccc2Cn2cccn2)c1. The van der Waals surface area contributed by atoms with E-state index in [1.807, 2.05) is 61.1 Å². The Morgan fingerprint density at radius 2 is 1.83 bits per heavy atom. The summed E-state index contributed by atoms with van der Waals surface area (Å²) in [6, 6.07) is 14.7. The average Bonchev–Trinajstić information content (AvgIpc) is 3.22. The maximum absolute atomic E-state index is 12.4. The predicted octanol–water partition coefficient (Wildman–Crippen LogP) is 3.31. The summed E-state index contributed by atoms with van der Waals surface area (Å²) < 4.78 is 1.84. The number of rotatable bonds is 7. The first-order valence-corrected chi connectivity index (χ1v) is 9.54. The third-order valence-corrected chi connectivity index (χ3v) is 4.53. The van der Waals surface area contributed by atoms with Gasteiger partial charge in [0.05, 0.1) is 6.54 Å². The molecule has 1 aromatic heterocycles. The molecule has 3 amide bonds. The first-order chi connectivity index (χ1) is 14.1. The minimum absolute atomic E-state index is 0.163. The van der Waals surface area contributed by atoms with Crippen LogP contribution < -0.4 is 16.0 Å². The molecule has 0 bridgehead atoms. The van der Waals surface area contributed by atoms with Crippen molar-refractivity contribution in [2.75, 3.05) is 11.9 Å². The lowest BCUT2D eigenvalue weighted by Crippen LogP contribution is -2.29. The summed E-state index contributed by atoms with van der Waals surface area (Å²) in [7, 11) is 0. The summed E-state index contributed by atoms with van der Waals surface area (Å²) in [6.45, 7) is 5.33. The van der Waals surface area contributed by atoms with E-state index in [2.05, 4.69) is 21.0 Å². The zero-order valence-corrected chi connectivity index (χ0v) is 16.6. The van der Waals surface area contributed by atoms with Crippen molar-refractivity contribution >= 4 is 17.6 Å². The van der Waals surface area contributed by atoms with Gasteiger partial charge in [-0.25, -0.2) is 4.79 Å². The topological polar surface area (TPSA) is 88.0 Å². The van der Waals surface area contributed by atoms with E-state index in [1.165, 1.54) is 0 Å². The minimum Gasteiger partial charge on any atom is -0.352 e. The van der Waals surface area contributed by atoms with Crippen LogP contribution in [0.3, 0.4) is 0 Å². The van der Waals surface area contributed by atoms with Crippen LogP contribution in [-0.2, 0) is 13.1 Å². The zero-order valence-electron chi connectivity index (χ0n) is 16.6.